The van der Waals surface area contributed by atoms with E-state index < -0.39 is 0 Å². The molecule has 0 aromatic carbocycles. The lowest BCUT2D eigenvalue weighted by atomic mass is 11.2. The van der Waals surface area contributed by atoms with Gasteiger partial charge in [-0.25, -0.2) is 0 Å². The van der Waals surface area contributed by atoms with Crippen molar-refractivity contribution >= 4 is 14.7 Å². The first-order chi connectivity index (χ1) is 2.80. The van der Waals surface area contributed by atoms with Gasteiger partial charge in [0.2, 0.25) is 0 Å². The van der Waals surface area contributed by atoms with Crippen LogP contribution in [0.4, 0.5) is 0 Å². The van der Waals surface area contributed by atoms with Gasteiger partial charge in [0.15, 0.2) is 0 Å². The van der Waals surface area contributed by atoms with Crippen molar-refractivity contribution in [2.45, 2.75) is 0 Å². The molecule has 4 N–H and O–H groups in total. The van der Waals surface area contributed by atoms with Crippen molar-refractivity contribution in [2.75, 3.05) is 11.0 Å². The van der Waals surface area contributed by atoms with E-state index in [0.717, 1.165) is 0 Å². The van der Waals surface area contributed by atoms with E-state index >= 15 is 0 Å². The molecule has 34 valence electrons. The van der Waals surface area contributed by atoms with Crippen molar-refractivity contribution in [2.24, 2.45) is 0 Å². The lowest BCUT2D eigenvalue weighted by Crippen LogP contribution is -1.81. The van der Waals surface area contributed by atoms with Crippen LogP contribution in [0.3, 0.4) is 0 Å². The molecule has 1 heterocycles. The molecule has 0 spiro atoms. The average molecular weight is 120 g/mol. The van der Waals surface area contributed by atoms with Crippen molar-refractivity contribution in [1.29, 1.82) is 0 Å². The third kappa shape index (κ3) is 0.528. The summed E-state index contributed by atoms with van der Waals surface area (Å²) < 4.78 is 0. The van der Waals surface area contributed by atoms with Crippen LogP contribution in [0.1, 0.15) is 0 Å². The third-order valence-electron chi connectivity index (χ3n) is 0.639. The minimum Gasteiger partial charge on any atom is -0.285 e. The highest BCUT2D eigenvalue weighted by atomic mass is 31.9. The van der Waals surface area contributed by atoms with Crippen molar-refractivity contribution < 1.29 is 0 Å². The number of rotatable bonds is 0. The van der Waals surface area contributed by atoms with Crippen LogP contribution in [0.5, 0.6) is 0 Å². The molecule has 0 aliphatic carbocycles. The second kappa shape index (κ2) is 1.40. The molecular weight excluding hydrogens is 114 g/mol. The Morgan fingerprint density at radius 2 is 1.33 bits per heavy atom. The standard InChI is InChI=1S/C2H6N2P2/c3-5-1-2-6(5)4/h1-2H,3-4H2. The predicted octanol–water partition coefficient (Wildman–Crippen LogP) is 1.09. The van der Waals surface area contributed by atoms with Gasteiger partial charge in [-0.3, -0.25) is 11.0 Å². The molecule has 0 radical (unpaired) electrons. The molecule has 0 aliphatic rings. The summed E-state index contributed by atoms with van der Waals surface area (Å²) >= 11 is 0. The van der Waals surface area contributed by atoms with E-state index in [1.54, 1.807) is 0 Å². The minimum absolute atomic E-state index is 0.317. The van der Waals surface area contributed by atoms with Gasteiger partial charge in [-0.2, -0.15) is 0 Å². The van der Waals surface area contributed by atoms with E-state index in [-0.39, 0.29) is 14.7 Å². The maximum atomic E-state index is 5.40. The Labute approximate surface area is 38.3 Å². The Balaban J connectivity index is 2.87. The van der Waals surface area contributed by atoms with Gasteiger partial charge in [-0.05, 0) is 26.3 Å². The summed E-state index contributed by atoms with van der Waals surface area (Å²) in [6.45, 7) is 0. The molecule has 2 nitrogen and oxygen atoms in total. The highest BCUT2D eigenvalue weighted by Gasteiger charge is 1.88. The molecule has 2 atom stereocenters. The lowest BCUT2D eigenvalue weighted by Gasteiger charge is -2.00. The van der Waals surface area contributed by atoms with E-state index in [4.69, 9.17) is 11.0 Å². The molecule has 1 aromatic rings. The molecule has 0 amide bonds. The highest BCUT2D eigenvalue weighted by Crippen LogP contribution is 2.43. The van der Waals surface area contributed by atoms with Gasteiger partial charge in [0.1, 0.15) is 0 Å². The third-order valence-corrected chi connectivity index (χ3v) is 4.72. The fraction of sp³-hybridized carbons (Fsp3) is 0. The molecule has 0 aliphatic heterocycles. The van der Waals surface area contributed by atoms with Crippen LogP contribution in [0, 0.1) is 0 Å². The van der Waals surface area contributed by atoms with Crippen LogP contribution in [0.2, 0.25) is 0 Å². The zero-order valence-corrected chi connectivity index (χ0v) is 4.99. The lowest BCUT2D eigenvalue weighted by molar-refractivity contribution is 2.23. The van der Waals surface area contributed by atoms with Crippen molar-refractivity contribution in [1.82, 2.24) is 0 Å². The van der Waals surface area contributed by atoms with E-state index in [0.29, 0.717) is 0 Å². The van der Waals surface area contributed by atoms with Crippen molar-refractivity contribution in [3.63, 3.8) is 0 Å². The van der Waals surface area contributed by atoms with Crippen LogP contribution in [0.15, 0.2) is 11.6 Å². The summed E-state index contributed by atoms with van der Waals surface area (Å²) in [5.74, 6) is 3.97. The minimum atomic E-state index is -0.317. The van der Waals surface area contributed by atoms with Crippen LogP contribution in [0.25, 0.3) is 0 Å². The van der Waals surface area contributed by atoms with Crippen molar-refractivity contribution in [3.8, 4) is 0 Å². The Bertz CT molecular complexity index is 115. The molecule has 1 aromatic heterocycles. The number of hydrogen-bond acceptors (Lipinski definition) is 2. The second-order valence-electron chi connectivity index (χ2n) is 1.06. The van der Waals surface area contributed by atoms with E-state index in [2.05, 4.69) is 0 Å². The number of nitrogen functional groups attached to an aromatic ring is 2. The van der Waals surface area contributed by atoms with Gasteiger partial charge >= 0.3 is 0 Å². The highest BCUT2D eigenvalue weighted by molar-refractivity contribution is 8.10. The molecule has 0 saturated carbocycles. The topological polar surface area (TPSA) is 52.0 Å². The molecule has 2 unspecified atom stereocenters. The van der Waals surface area contributed by atoms with Crippen LogP contribution < -0.4 is 11.0 Å². The van der Waals surface area contributed by atoms with E-state index in [1.165, 1.54) is 0 Å². The second-order valence-corrected chi connectivity index (χ2v) is 5.95. The predicted molar refractivity (Wildman–Crippen MR) is 32.2 cm³/mol. The number of hydrogen-bond donors (Lipinski definition) is 2. The summed E-state index contributed by atoms with van der Waals surface area (Å²) in [7, 11) is -0.634. The molecule has 0 saturated heterocycles. The smallest absolute Gasteiger partial charge is 0.0182 e. The largest absolute Gasteiger partial charge is 0.285 e. The van der Waals surface area contributed by atoms with Crippen LogP contribution >= 0.6 is 14.7 Å². The SMILES string of the molecule is Np1ccp1N. The zero-order chi connectivity index (χ0) is 4.57. The monoisotopic (exact) mass is 120 g/mol. The molecular formula is C2H6N2P2. The Hall–Kier alpha value is 0.260. The van der Waals surface area contributed by atoms with Gasteiger partial charge in [0, 0.05) is 0 Å². The van der Waals surface area contributed by atoms with E-state index in [9.17, 15) is 0 Å². The quantitative estimate of drug-likeness (QED) is 0.538. The first-order valence-corrected chi connectivity index (χ1v) is 5.23. The van der Waals surface area contributed by atoms with Gasteiger partial charge in [-0.15, -0.1) is 0 Å². The normalized spacial score (nSPS) is 15.7. The van der Waals surface area contributed by atoms with Gasteiger partial charge in [-0.1, -0.05) is 0 Å². The maximum absolute atomic E-state index is 5.40. The molecule has 1 rings (SSSR count). The Morgan fingerprint density at radius 3 is 1.33 bits per heavy atom. The van der Waals surface area contributed by atoms with Gasteiger partial charge in [0.25, 0.3) is 0 Å². The maximum Gasteiger partial charge on any atom is -0.0182 e. The first-order valence-electron chi connectivity index (χ1n) is 1.57. The molecule has 0 fully saturated rings. The van der Waals surface area contributed by atoms with Crippen LogP contribution in [-0.4, -0.2) is 0 Å². The van der Waals surface area contributed by atoms with Gasteiger partial charge < -0.3 is 0 Å². The summed E-state index contributed by atoms with van der Waals surface area (Å²) in [5, 5.41) is 0. The molecule has 0 bridgehead atoms. The first kappa shape index (κ1) is 4.42. The summed E-state index contributed by atoms with van der Waals surface area (Å²) in [6.07, 6.45) is 0. The average Bonchev–Trinajstić information content (AvgIpc) is 1.61. The van der Waals surface area contributed by atoms with E-state index in [1.807, 2.05) is 11.6 Å². The molecule has 4 heteroatoms. The molecule has 6 heavy (non-hydrogen) atoms. The Morgan fingerprint density at radius 1 is 1.00 bits per heavy atom. The fourth-order valence-corrected chi connectivity index (χ4v) is 1.99. The zero-order valence-electron chi connectivity index (χ0n) is 3.20. The fourth-order valence-electron chi connectivity index (χ4n) is 0.221. The number of nitrogens with two attached hydrogens (primary N) is 2. The Kier molecular flexibility index (Phi) is 1.03. The summed E-state index contributed by atoms with van der Waals surface area (Å²) in [4.78, 5) is 0. The summed E-state index contributed by atoms with van der Waals surface area (Å²) in [5.41, 5.74) is 10.8. The van der Waals surface area contributed by atoms with Crippen LogP contribution in [-0.2, 0) is 0 Å². The van der Waals surface area contributed by atoms with Crippen molar-refractivity contribution in [3.05, 3.63) is 11.6 Å². The summed E-state index contributed by atoms with van der Waals surface area (Å²) in [6, 6.07) is 0. The van der Waals surface area contributed by atoms with Gasteiger partial charge in [0.05, 0.1) is 0 Å².